The first kappa shape index (κ1) is 20.2. The lowest BCUT2D eigenvalue weighted by atomic mass is 9.78. The van der Waals surface area contributed by atoms with Gasteiger partial charge in [-0.3, -0.25) is 4.52 Å². The van der Waals surface area contributed by atoms with Crippen LogP contribution in [-0.4, -0.2) is 16.4 Å². The minimum Gasteiger partial charge on any atom is -0.493 e. The largest absolute Gasteiger partial charge is 0.493 e. The van der Waals surface area contributed by atoms with Crippen LogP contribution in [0.2, 0.25) is 0 Å². The molecule has 0 aliphatic carbocycles. The summed E-state index contributed by atoms with van der Waals surface area (Å²) in [6.45, 7) is 14.9. The fourth-order valence-electron chi connectivity index (χ4n) is 2.34. The Labute approximate surface area is 139 Å². The second-order valence-electron chi connectivity index (χ2n) is 7.72. The molecule has 0 aromatic heterocycles. The Kier molecular flexibility index (Phi) is 6.09. The van der Waals surface area contributed by atoms with Gasteiger partial charge in [-0.05, 0) is 35.4 Å². The molecule has 0 bridgehead atoms. The van der Waals surface area contributed by atoms with Crippen LogP contribution in [0.1, 0.15) is 65.2 Å². The Morgan fingerprint density at radius 3 is 1.74 bits per heavy atom. The molecule has 0 heterocycles. The summed E-state index contributed by atoms with van der Waals surface area (Å²) in [4.78, 5) is 17.9. The molecule has 6 heteroatoms. The van der Waals surface area contributed by atoms with Crippen LogP contribution in [0.4, 0.5) is 0 Å². The predicted octanol–water partition coefficient (Wildman–Crippen LogP) is 4.29. The number of rotatable bonds is 5. The molecule has 0 aliphatic rings. The minimum absolute atomic E-state index is 0.136. The van der Waals surface area contributed by atoms with Crippen LogP contribution in [0, 0.1) is 0 Å². The van der Waals surface area contributed by atoms with E-state index in [1.165, 1.54) is 0 Å². The topological polar surface area (TPSA) is 76.0 Å². The summed E-state index contributed by atoms with van der Waals surface area (Å²) in [6, 6.07) is 3.83. The second kappa shape index (κ2) is 6.94. The first-order valence-corrected chi connectivity index (χ1v) is 9.29. The molecule has 0 spiro atoms. The highest BCUT2D eigenvalue weighted by Gasteiger charge is 2.28. The van der Waals surface area contributed by atoms with Crippen molar-refractivity contribution in [2.75, 3.05) is 6.61 Å². The molecule has 0 radical (unpaired) electrons. The van der Waals surface area contributed by atoms with E-state index in [4.69, 9.17) is 14.5 Å². The van der Waals surface area contributed by atoms with Crippen molar-refractivity contribution in [2.45, 2.75) is 65.9 Å². The summed E-state index contributed by atoms with van der Waals surface area (Å²) >= 11 is 0. The molecular weight excluding hydrogens is 315 g/mol. The summed E-state index contributed by atoms with van der Waals surface area (Å²) in [5, 5.41) is 0. The average molecular weight is 344 g/mol. The molecule has 23 heavy (non-hydrogen) atoms. The molecular formula is C17H29O5P. The Morgan fingerprint density at radius 1 is 1.00 bits per heavy atom. The van der Waals surface area contributed by atoms with Crippen molar-refractivity contribution in [3.05, 3.63) is 28.8 Å². The molecule has 0 saturated carbocycles. The van der Waals surface area contributed by atoms with E-state index in [0.717, 1.165) is 22.4 Å². The highest BCUT2D eigenvalue weighted by molar-refractivity contribution is 7.46. The molecule has 1 rings (SSSR count). The molecule has 0 aliphatic heterocycles. The molecule has 0 atom stereocenters. The van der Waals surface area contributed by atoms with Gasteiger partial charge in [0.15, 0.2) is 0 Å². The van der Waals surface area contributed by atoms with Gasteiger partial charge in [0.1, 0.15) is 5.75 Å². The Hall–Kier alpha value is -0.870. The van der Waals surface area contributed by atoms with Crippen LogP contribution >= 0.6 is 7.82 Å². The van der Waals surface area contributed by atoms with E-state index < -0.39 is 7.82 Å². The Bertz CT molecular complexity index is 555. The van der Waals surface area contributed by atoms with Crippen molar-refractivity contribution < 1.29 is 23.6 Å². The van der Waals surface area contributed by atoms with E-state index in [0.29, 0.717) is 6.61 Å². The molecule has 0 unspecified atom stereocenters. The number of phosphoric acid groups is 1. The third kappa shape index (κ3) is 5.92. The summed E-state index contributed by atoms with van der Waals surface area (Å²) < 4.78 is 21.6. The van der Waals surface area contributed by atoms with Crippen molar-refractivity contribution in [1.82, 2.24) is 0 Å². The summed E-state index contributed by atoms with van der Waals surface area (Å²) in [5.74, 6) is 0.854. The van der Waals surface area contributed by atoms with E-state index in [1.807, 2.05) is 19.1 Å². The van der Waals surface area contributed by atoms with E-state index in [9.17, 15) is 4.57 Å². The quantitative estimate of drug-likeness (QED) is 0.779. The molecule has 2 N–H and O–H groups in total. The van der Waals surface area contributed by atoms with Gasteiger partial charge in [0.25, 0.3) is 0 Å². The van der Waals surface area contributed by atoms with E-state index in [1.54, 1.807) is 0 Å². The lowest BCUT2D eigenvalue weighted by Gasteiger charge is -2.30. The lowest BCUT2D eigenvalue weighted by Crippen LogP contribution is -2.20. The third-order valence-electron chi connectivity index (χ3n) is 3.45. The molecule has 1 aromatic carbocycles. The zero-order chi connectivity index (χ0) is 18.1. The number of phosphoric ester groups is 1. The third-order valence-corrected chi connectivity index (χ3v) is 3.92. The molecule has 0 fully saturated rings. The van der Waals surface area contributed by atoms with Gasteiger partial charge >= 0.3 is 7.82 Å². The number of hydrogen-bond acceptors (Lipinski definition) is 3. The molecule has 132 valence electrons. The Balaban J connectivity index is 3.49. The monoisotopic (exact) mass is 344 g/mol. The van der Waals surface area contributed by atoms with Gasteiger partial charge in [0, 0.05) is 11.1 Å². The highest BCUT2D eigenvalue weighted by Crippen LogP contribution is 2.42. The summed E-state index contributed by atoms with van der Waals surface area (Å²) in [7, 11) is -4.50. The molecule has 5 nitrogen and oxygen atoms in total. The number of benzene rings is 1. The fraction of sp³-hybridized carbons (Fsp3) is 0.647. The van der Waals surface area contributed by atoms with Crippen LogP contribution in [0.3, 0.4) is 0 Å². The highest BCUT2D eigenvalue weighted by atomic mass is 31.2. The average Bonchev–Trinajstić information content (AvgIpc) is 2.33. The maximum Gasteiger partial charge on any atom is 0.469 e. The number of hydrogen-bond donors (Lipinski definition) is 2. The molecule has 1 aromatic rings. The van der Waals surface area contributed by atoms with Gasteiger partial charge < -0.3 is 14.5 Å². The van der Waals surface area contributed by atoms with Crippen LogP contribution in [0.5, 0.6) is 5.75 Å². The Morgan fingerprint density at radius 2 is 1.43 bits per heavy atom. The van der Waals surface area contributed by atoms with Gasteiger partial charge in [-0.15, -0.1) is 0 Å². The fourth-order valence-corrected chi connectivity index (χ4v) is 2.66. The first-order chi connectivity index (χ1) is 10.3. The summed E-state index contributed by atoms with van der Waals surface area (Å²) in [5.41, 5.74) is 2.42. The summed E-state index contributed by atoms with van der Waals surface area (Å²) in [6.07, 6.45) is 0. The maximum atomic E-state index is 11.0. The van der Waals surface area contributed by atoms with Gasteiger partial charge in [0.2, 0.25) is 0 Å². The second-order valence-corrected chi connectivity index (χ2v) is 8.96. The maximum absolute atomic E-state index is 11.0. The normalized spacial score (nSPS) is 13.3. The van der Waals surface area contributed by atoms with E-state index >= 15 is 0 Å². The van der Waals surface area contributed by atoms with Gasteiger partial charge in [0.05, 0.1) is 13.2 Å². The molecule has 0 saturated heterocycles. The van der Waals surface area contributed by atoms with Crippen molar-refractivity contribution in [1.29, 1.82) is 0 Å². The van der Waals surface area contributed by atoms with Gasteiger partial charge in [-0.1, -0.05) is 41.5 Å². The van der Waals surface area contributed by atoms with Crippen molar-refractivity contribution in [3.63, 3.8) is 0 Å². The van der Waals surface area contributed by atoms with Crippen molar-refractivity contribution in [3.8, 4) is 5.75 Å². The van der Waals surface area contributed by atoms with Crippen LogP contribution in [-0.2, 0) is 26.5 Å². The van der Waals surface area contributed by atoms with Crippen LogP contribution in [0.15, 0.2) is 12.1 Å². The SMILES string of the molecule is CCOc1c(C(C)(C)C)cc(COP(=O)(O)O)cc1C(C)(C)C. The minimum atomic E-state index is -4.50. The van der Waals surface area contributed by atoms with Crippen LogP contribution < -0.4 is 4.74 Å². The van der Waals surface area contributed by atoms with E-state index in [2.05, 4.69) is 46.1 Å². The molecule has 0 amide bonds. The van der Waals surface area contributed by atoms with Crippen molar-refractivity contribution >= 4 is 7.82 Å². The van der Waals surface area contributed by atoms with Crippen LogP contribution in [0.25, 0.3) is 0 Å². The zero-order valence-corrected chi connectivity index (χ0v) is 16.0. The first-order valence-electron chi connectivity index (χ1n) is 7.76. The number of ether oxygens (including phenoxy) is 1. The zero-order valence-electron chi connectivity index (χ0n) is 15.1. The van der Waals surface area contributed by atoms with Gasteiger partial charge in [-0.2, -0.15) is 0 Å². The predicted molar refractivity (Wildman–Crippen MR) is 91.8 cm³/mol. The lowest BCUT2D eigenvalue weighted by molar-refractivity contribution is 0.189. The van der Waals surface area contributed by atoms with Crippen molar-refractivity contribution in [2.24, 2.45) is 0 Å². The standard InChI is InChI=1S/C17H29O5P/c1-8-21-15-13(16(2,3)4)9-12(11-22-23(18,19)20)10-14(15)17(5,6)7/h9-10H,8,11H2,1-7H3,(H2,18,19,20). The van der Waals surface area contributed by atoms with Gasteiger partial charge in [-0.25, -0.2) is 4.57 Å². The van der Waals surface area contributed by atoms with E-state index in [-0.39, 0.29) is 17.4 Å². The smallest absolute Gasteiger partial charge is 0.469 e.